The third-order valence-corrected chi connectivity index (χ3v) is 2.41. The molecule has 1 aromatic heterocycles. The second-order valence-corrected chi connectivity index (χ2v) is 3.50. The number of hydrogen-bond acceptors (Lipinski definition) is 2. The summed E-state index contributed by atoms with van der Waals surface area (Å²) in [6.45, 7) is 1.54. The molecule has 0 aliphatic carbocycles. The normalized spacial score (nSPS) is 22.4. The molecule has 3 nitrogen and oxygen atoms in total. The van der Waals surface area contributed by atoms with Crippen LogP contribution in [0, 0.1) is 0 Å². The predicted molar refractivity (Wildman–Crippen MR) is 48.1 cm³/mol. The monoisotopic (exact) mass is 183 g/mol. The molecule has 13 heavy (non-hydrogen) atoms. The van der Waals surface area contributed by atoms with Crippen LogP contribution in [0.2, 0.25) is 0 Å². The van der Waals surface area contributed by atoms with Crippen LogP contribution in [0.4, 0.5) is 4.39 Å². The Bertz CT molecular complexity index is 266. The van der Waals surface area contributed by atoms with Gasteiger partial charge >= 0.3 is 0 Å². The van der Waals surface area contributed by atoms with Crippen molar-refractivity contribution in [1.82, 2.24) is 15.1 Å². The van der Waals surface area contributed by atoms with Gasteiger partial charge in [-0.25, -0.2) is 4.39 Å². The summed E-state index contributed by atoms with van der Waals surface area (Å²) in [5.41, 5.74) is 0.665. The zero-order valence-corrected chi connectivity index (χ0v) is 7.54. The highest BCUT2D eigenvalue weighted by Gasteiger charge is 2.14. The lowest BCUT2D eigenvalue weighted by atomic mass is 10.2. The first-order valence-electron chi connectivity index (χ1n) is 4.69. The van der Waals surface area contributed by atoms with Gasteiger partial charge in [0.25, 0.3) is 0 Å². The first-order valence-corrected chi connectivity index (χ1v) is 4.69. The van der Waals surface area contributed by atoms with Crippen LogP contribution in [0.1, 0.15) is 18.4 Å². The fourth-order valence-electron chi connectivity index (χ4n) is 1.71. The van der Waals surface area contributed by atoms with Crippen LogP contribution in [0.5, 0.6) is 0 Å². The van der Waals surface area contributed by atoms with Gasteiger partial charge in [-0.2, -0.15) is 5.10 Å². The molecule has 1 N–H and O–H groups in total. The van der Waals surface area contributed by atoms with Crippen molar-refractivity contribution in [3.8, 4) is 0 Å². The summed E-state index contributed by atoms with van der Waals surface area (Å²) in [5, 5.41) is 7.46. The molecule has 1 aromatic rings. The van der Waals surface area contributed by atoms with E-state index in [-0.39, 0.29) is 0 Å². The Hall–Kier alpha value is -0.900. The molecule has 0 amide bonds. The van der Waals surface area contributed by atoms with Crippen molar-refractivity contribution in [2.75, 3.05) is 6.54 Å². The van der Waals surface area contributed by atoms with Gasteiger partial charge in [0.05, 0.1) is 12.7 Å². The van der Waals surface area contributed by atoms with E-state index in [0.717, 1.165) is 13.1 Å². The highest BCUT2D eigenvalue weighted by Crippen LogP contribution is 2.08. The van der Waals surface area contributed by atoms with Crippen LogP contribution in [-0.4, -0.2) is 22.4 Å². The maximum atomic E-state index is 12.2. The van der Waals surface area contributed by atoms with Crippen molar-refractivity contribution < 1.29 is 4.39 Å². The summed E-state index contributed by atoms with van der Waals surface area (Å²) < 4.78 is 14.0. The molecule has 2 heterocycles. The quantitative estimate of drug-likeness (QED) is 0.760. The van der Waals surface area contributed by atoms with Crippen molar-refractivity contribution in [2.45, 2.75) is 32.1 Å². The van der Waals surface area contributed by atoms with E-state index >= 15 is 0 Å². The van der Waals surface area contributed by atoms with Crippen LogP contribution >= 0.6 is 0 Å². The molecule has 72 valence electrons. The minimum atomic E-state index is -0.419. The molecule has 1 fully saturated rings. The summed E-state index contributed by atoms with van der Waals surface area (Å²) in [7, 11) is 0. The van der Waals surface area contributed by atoms with Gasteiger partial charge in [-0.1, -0.05) is 0 Å². The smallest absolute Gasteiger partial charge is 0.118 e. The first kappa shape index (κ1) is 8.69. The van der Waals surface area contributed by atoms with Gasteiger partial charge < -0.3 is 5.32 Å². The van der Waals surface area contributed by atoms with E-state index in [1.54, 1.807) is 12.4 Å². The number of aromatic nitrogens is 2. The Morgan fingerprint density at radius 2 is 2.62 bits per heavy atom. The van der Waals surface area contributed by atoms with E-state index in [1.807, 2.05) is 4.68 Å². The minimum absolute atomic E-state index is 0.419. The van der Waals surface area contributed by atoms with Crippen LogP contribution in [-0.2, 0) is 13.2 Å². The van der Waals surface area contributed by atoms with Crippen LogP contribution in [0.25, 0.3) is 0 Å². The molecular formula is C9H14FN3. The molecule has 1 saturated heterocycles. The predicted octanol–water partition coefficient (Wildman–Crippen LogP) is 1.10. The molecule has 2 rings (SSSR count). The largest absolute Gasteiger partial charge is 0.312 e. The second kappa shape index (κ2) is 3.87. The third-order valence-electron chi connectivity index (χ3n) is 2.41. The van der Waals surface area contributed by atoms with Crippen molar-refractivity contribution >= 4 is 0 Å². The van der Waals surface area contributed by atoms with E-state index < -0.39 is 6.67 Å². The Morgan fingerprint density at radius 3 is 3.23 bits per heavy atom. The number of rotatable bonds is 3. The second-order valence-electron chi connectivity index (χ2n) is 3.50. The molecule has 0 spiro atoms. The summed E-state index contributed by atoms with van der Waals surface area (Å²) >= 11 is 0. The lowest BCUT2D eigenvalue weighted by molar-refractivity contribution is 0.470. The molecule has 0 saturated carbocycles. The summed E-state index contributed by atoms with van der Waals surface area (Å²) in [5.74, 6) is 0. The number of halogens is 1. The third kappa shape index (κ3) is 2.06. The lowest BCUT2D eigenvalue weighted by Crippen LogP contribution is -2.26. The molecule has 0 bridgehead atoms. The molecule has 0 aromatic carbocycles. The van der Waals surface area contributed by atoms with E-state index in [1.165, 1.54) is 12.8 Å². The van der Waals surface area contributed by atoms with Gasteiger partial charge in [0.2, 0.25) is 0 Å². The van der Waals surface area contributed by atoms with Crippen LogP contribution in [0.3, 0.4) is 0 Å². The SMILES string of the molecule is FCc1cnn(CC2CCCN2)c1. The number of alkyl halides is 1. The van der Waals surface area contributed by atoms with Gasteiger partial charge in [-0.3, -0.25) is 4.68 Å². The van der Waals surface area contributed by atoms with E-state index in [4.69, 9.17) is 0 Å². The molecule has 1 aliphatic rings. The number of nitrogens with zero attached hydrogens (tertiary/aromatic N) is 2. The highest BCUT2D eigenvalue weighted by atomic mass is 19.1. The lowest BCUT2D eigenvalue weighted by Gasteiger charge is -2.09. The Labute approximate surface area is 76.9 Å². The fourth-order valence-corrected chi connectivity index (χ4v) is 1.71. The van der Waals surface area contributed by atoms with Gasteiger partial charge in [0.15, 0.2) is 0 Å². The highest BCUT2D eigenvalue weighted by molar-refractivity contribution is 5.01. The van der Waals surface area contributed by atoms with Gasteiger partial charge in [0, 0.05) is 17.8 Å². The van der Waals surface area contributed by atoms with Gasteiger partial charge in [-0.15, -0.1) is 0 Å². The molecular weight excluding hydrogens is 169 g/mol. The van der Waals surface area contributed by atoms with Crippen molar-refractivity contribution in [2.24, 2.45) is 0 Å². The van der Waals surface area contributed by atoms with E-state index in [0.29, 0.717) is 11.6 Å². The van der Waals surface area contributed by atoms with E-state index in [9.17, 15) is 4.39 Å². The maximum Gasteiger partial charge on any atom is 0.118 e. The summed E-state index contributed by atoms with van der Waals surface area (Å²) in [6, 6.07) is 0.521. The average molecular weight is 183 g/mol. The Balaban J connectivity index is 1.92. The zero-order valence-electron chi connectivity index (χ0n) is 7.54. The van der Waals surface area contributed by atoms with Crippen molar-refractivity contribution in [3.63, 3.8) is 0 Å². The van der Waals surface area contributed by atoms with Crippen LogP contribution in [0.15, 0.2) is 12.4 Å². The van der Waals surface area contributed by atoms with Crippen molar-refractivity contribution in [3.05, 3.63) is 18.0 Å². The maximum absolute atomic E-state index is 12.2. The standard InChI is InChI=1S/C9H14FN3/c10-4-8-5-12-13(6-8)7-9-2-1-3-11-9/h5-6,9,11H,1-4,7H2. The number of nitrogens with one attached hydrogen (secondary N) is 1. The first-order chi connectivity index (χ1) is 6.38. The average Bonchev–Trinajstić information content (AvgIpc) is 2.76. The number of hydrogen-bond donors (Lipinski definition) is 1. The molecule has 0 radical (unpaired) electrons. The van der Waals surface area contributed by atoms with E-state index in [2.05, 4.69) is 10.4 Å². The molecule has 4 heteroatoms. The Morgan fingerprint density at radius 1 is 1.69 bits per heavy atom. The van der Waals surface area contributed by atoms with Gasteiger partial charge in [0.1, 0.15) is 6.67 Å². The molecule has 1 unspecified atom stereocenters. The Kier molecular flexibility index (Phi) is 2.59. The molecule has 1 atom stereocenters. The fraction of sp³-hybridized carbons (Fsp3) is 0.667. The van der Waals surface area contributed by atoms with Crippen molar-refractivity contribution in [1.29, 1.82) is 0 Å². The molecule has 1 aliphatic heterocycles. The summed E-state index contributed by atoms with van der Waals surface area (Å²) in [4.78, 5) is 0. The topological polar surface area (TPSA) is 29.9 Å². The minimum Gasteiger partial charge on any atom is -0.312 e. The van der Waals surface area contributed by atoms with Gasteiger partial charge in [-0.05, 0) is 19.4 Å². The van der Waals surface area contributed by atoms with Crippen LogP contribution < -0.4 is 5.32 Å². The zero-order chi connectivity index (χ0) is 9.10. The summed E-state index contributed by atoms with van der Waals surface area (Å²) in [6.07, 6.45) is 5.81.